The lowest BCUT2D eigenvalue weighted by atomic mass is 9.94. The van der Waals surface area contributed by atoms with Gasteiger partial charge in [-0.2, -0.15) is 0 Å². The van der Waals surface area contributed by atoms with Gasteiger partial charge in [-0.25, -0.2) is 0 Å². The molecule has 0 fully saturated rings. The molecule has 2 nitrogen and oxygen atoms in total. The van der Waals surface area contributed by atoms with E-state index in [4.69, 9.17) is 0 Å². The van der Waals surface area contributed by atoms with Crippen LogP contribution in [0.15, 0.2) is 140 Å². The molecule has 0 aliphatic rings. The van der Waals surface area contributed by atoms with E-state index in [1.54, 1.807) is 0 Å². The Labute approximate surface area is 315 Å². The fourth-order valence-corrected chi connectivity index (χ4v) is 6.67. The number of para-hydroxylation sites is 5. The Bertz CT molecular complexity index is 2100. The monoisotopic (exact) mass is 693 g/mol. The van der Waals surface area contributed by atoms with Crippen LogP contribution in [-0.4, -0.2) is 9.13 Å². The van der Waals surface area contributed by atoms with Crippen LogP contribution in [0, 0.1) is 0 Å². The van der Waals surface area contributed by atoms with Crippen molar-refractivity contribution in [2.45, 2.75) is 96.4 Å². The van der Waals surface area contributed by atoms with Crippen LogP contribution < -0.4 is 0 Å². The van der Waals surface area contributed by atoms with Gasteiger partial charge in [0.05, 0.1) is 27.8 Å². The molecule has 0 bridgehead atoms. The molecule has 274 valence electrons. The molecule has 0 saturated carbocycles. The third-order valence-electron chi connectivity index (χ3n) is 8.34. The predicted octanol–water partition coefficient (Wildman–Crippen LogP) is 16.3. The van der Waals surface area contributed by atoms with Crippen LogP contribution in [0.5, 0.6) is 0 Å². The zero-order valence-electron chi connectivity index (χ0n) is 34.4. The van der Waals surface area contributed by atoms with Gasteiger partial charge in [-0.3, -0.25) is 0 Å². The third-order valence-corrected chi connectivity index (χ3v) is 8.34. The van der Waals surface area contributed by atoms with Gasteiger partial charge in [0.15, 0.2) is 0 Å². The molecule has 0 N–H and O–H groups in total. The van der Waals surface area contributed by atoms with E-state index in [1.165, 1.54) is 71.7 Å². The van der Waals surface area contributed by atoms with Crippen LogP contribution in [0.2, 0.25) is 0 Å². The van der Waals surface area contributed by atoms with E-state index in [0.717, 1.165) is 6.42 Å². The van der Waals surface area contributed by atoms with E-state index < -0.39 is 0 Å². The number of fused-ring (bicyclic) bond motifs is 6. The summed E-state index contributed by atoms with van der Waals surface area (Å²) in [6, 6.07) is 50.7. The maximum Gasteiger partial charge on any atom is 0.0541 e. The van der Waals surface area contributed by atoms with Crippen LogP contribution >= 0.6 is 0 Å². The Kier molecular flexibility index (Phi) is 18.8. The van der Waals surface area contributed by atoms with Crippen LogP contribution in [0.3, 0.4) is 0 Å². The largest absolute Gasteiger partial charge is 0.309 e. The molecule has 0 aliphatic heterocycles. The number of nitrogens with zero attached hydrogens (tertiary/aromatic N) is 2. The van der Waals surface area contributed by atoms with Gasteiger partial charge in [-0.05, 0) is 53.9 Å². The summed E-state index contributed by atoms with van der Waals surface area (Å²) in [7, 11) is 0. The fraction of sp³-hybridized carbons (Fsp3) is 0.280. The maximum atomic E-state index is 2.45. The summed E-state index contributed by atoms with van der Waals surface area (Å²) < 4.78 is 4.89. The minimum atomic E-state index is 0.924. The normalized spacial score (nSPS) is 9.71. The lowest BCUT2D eigenvalue weighted by Crippen LogP contribution is -2.03. The maximum absolute atomic E-state index is 2.45. The molecular weight excluding hydrogens is 629 g/mol. The average molecular weight is 693 g/mol. The Morgan fingerprint density at radius 1 is 0.308 bits per heavy atom. The molecule has 0 atom stereocenters. The minimum Gasteiger partial charge on any atom is -0.309 e. The Balaban J connectivity index is 0.000000713. The van der Waals surface area contributed by atoms with Gasteiger partial charge in [0.25, 0.3) is 0 Å². The number of rotatable bonds is 4. The molecule has 6 aromatic carbocycles. The predicted molar refractivity (Wildman–Crippen MR) is 238 cm³/mol. The molecule has 0 amide bonds. The van der Waals surface area contributed by atoms with Crippen molar-refractivity contribution in [1.29, 1.82) is 0 Å². The number of aromatic nitrogens is 2. The van der Waals surface area contributed by atoms with Gasteiger partial charge < -0.3 is 9.13 Å². The highest BCUT2D eigenvalue weighted by atomic mass is 15.0. The first kappa shape index (κ1) is 43.1. The van der Waals surface area contributed by atoms with Crippen molar-refractivity contribution < 1.29 is 0 Å². The van der Waals surface area contributed by atoms with E-state index >= 15 is 0 Å². The lowest BCUT2D eigenvalue weighted by Gasteiger charge is -2.20. The van der Waals surface area contributed by atoms with Crippen molar-refractivity contribution in [2.24, 2.45) is 0 Å². The zero-order chi connectivity index (χ0) is 38.6. The molecule has 8 aromatic rings. The SMILES string of the molecule is CC.CC.CC.CC.CC.CC.CCc1c(-c2ccccc2-n2c3ccccc3c3ccccc32)cccc1-n1c2ccccc2c2ccccc21. The van der Waals surface area contributed by atoms with Crippen molar-refractivity contribution in [1.82, 2.24) is 9.13 Å². The molecule has 2 heterocycles. The van der Waals surface area contributed by atoms with E-state index in [0.29, 0.717) is 0 Å². The second kappa shape index (κ2) is 22.7. The summed E-state index contributed by atoms with van der Waals surface area (Å²) in [5, 5.41) is 5.14. The summed E-state index contributed by atoms with van der Waals surface area (Å²) in [4.78, 5) is 0. The highest BCUT2D eigenvalue weighted by Gasteiger charge is 2.19. The molecule has 2 heteroatoms. The van der Waals surface area contributed by atoms with Crippen molar-refractivity contribution >= 4 is 43.6 Å². The van der Waals surface area contributed by atoms with E-state index in [2.05, 4.69) is 156 Å². The minimum absolute atomic E-state index is 0.924. The van der Waals surface area contributed by atoms with Crippen molar-refractivity contribution in [3.05, 3.63) is 145 Å². The number of hydrogen-bond donors (Lipinski definition) is 0. The first-order valence-corrected chi connectivity index (χ1v) is 20.0. The molecule has 8 rings (SSSR count). The first-order chi connectivity index (χ1) is 25.8. The smallest absolute Gasteiger partial charge is 0.0541 e. The Morgan fingerprint density at radius 2 is 0.596 bits per heavy atom. The van der Waals surface area contributed by atoms with E-state index in [1.807, 2.05) is 83.1 Å². The molecular formula is C50H64N2. The van der Waals surface area contributed by atoms with Crippen LogP contribution in [0.25, 0.3) is 66.1 Å². The van der Waals surface area contributed by atoms with Gasteiger partial charge >= 0.3 is 0 Å². The molecule has 2 aromatic heterocycles. The Morgan fingerprint density at radius 3 is 0.981 bits per heavy atom. The van der Waals surface area contributed by atoms with Crippen molar-refractivity contribution in [3.8, 4) is 22.5 Å². The molecule has 0 spiro atoms. The van der Waals surface area contributed by atoms with Crippen LogP contribution in [-0.2, 0) is 6.42 Å². The zero-order valence-corrected chi connectivity index (χ0v) is 34.4. The highest BCUT2D eigenvalue weighted by Crippen LogP contribution is 2.40. The van der Waals surface area contributed by atoms with Gasteiger partial charge in [0, 0.05) is 32.8 Å². The van der Waals surface area contributed by atoms with E-state index in [-0.39, 0.29) is 0 Å². The second-order valence-electron chi connectivity index (χ2n) is 10.4. The fourth-order valence-electron chi connectivity index (χ4n) is 6.67. The summed E-state index contributed by atoms with van der Waals surface area (Å²) in [6.45, 7) is 26.3. The second-order valence-corrected chi connectivity index (χ2v) is 10.4. The molecule has 0 aliphatic carbocycles. The molecule has 0 radical (unpaired) electrons. The highest BCUT2D eigenvalue weighted by molar-refractivity contribution is 6.10. The first-order valence-electron chi connectivity index (χ1n) is 20.0. The molecule has 0 saturated heterocycles. The van der Waals surface area contributed by atoms with Crippen molar-refractivity contribution in [2.75, 3.05) is 0 Å². The summed E-state index contributed by atoms with van der Waals surface area (Å²) in [6.07, 6.45) is 0.924. The lowest BCUT2D eigenvalue weighted by molar-refractivity contribution is 1.07. The summed E-state index contributed by atoms with van der Waals surface area (Å²) in [5.74, 6) is 0. The van der Waals surface area contributed by atoms with Crippen LogP contribution in [0.1, 0.15) is 95.6 Å². The van der Waals surface area contributed by atoms with Gasteiger partial charge in [-0.15, -0.1) is 0 Å². The number of benzene rings is 6. The van der Waals surface area contributed by atoms with Gasteiger partial charge in [-0.1, -0.05) is 193 Å². The van der Waals surface area contributed by atoms with Crippen molar-refractivity contribution in [3.63, 3.8) is 0 Å². The quantitative estimate of drug-likeness (QED) is 0.174. The Hall–Kier alpha value is -5.08. The van der Waals surface area contributed by atoms with Gasteiger partial charge in [0.1, 0.15) is 0 Å². The third kappa shape index (κ3) is 8.34. The van der Waals surface area contributed by atoms with E-state index in [9.17, 15) is 0 Å². The molecule has 52 heavy (non-hydrogen) atoms. The summed E-state index contributed by atoms with van der Waals surface area (Å²) >= 11 is 0. The summed E-state index contributed by atoms with van der Waals surface area (Å²) in [5.41, 5.74) is 11.3. The van der Waals surface area contributed by atoms with Crippen LogP contribution in [0.4, 0.5) is 0 Å². The number of hydrogen-bond acceptors (Lipinski definition) is 0. The topological polar surface area (TPSA) is 9.86 Å². The molecule has 0 unspecified atom stereocenters. The average Bonchev–Trinajstić information content (AvgIpc) is 3.78. The van der Waals surface area contributed by atoms with Gasteiger partial charge in [0.2, 0.25) is 0 Å². The standard InChI is InChI=1S/C38H28N2.6C2H6/c1-2-26-27(19-13-25-33(26)39-35-21-9-4-15-29(35)30-16-5-10-22-36(30)39)28-14-3-8-20-34(28)40-37-23-11-6-17-31(37)32-18-7-12-24-38(32)40;6*1-2/h3-25H,2H2,1H3;6*1-2H3.